The molecule has 1 N–H and O–H groups in total. The molecule has 0 aliphatic rings. The maximum Gasteiger partial charge on any atom is 0.173 e. The Labute approximate surface area is 95.4 Å². The zero-order valence-corrected chi connectivity index (χ0v) is 9.71. The molecule has 1 rings (SSSR count). The molecule has 1 aromatic carbocycles. The van der Waals surface area contributed by atoms with Crippen molar-refractivity contribution in [3.8, 4) is 0 Å². The van der Waals surface area contributed by atoms with Gasteiger partial charge in [0.25, 0.3) is 0 Å². The molecule has 4 heteroatoms. The van der Waals surface area contributed by atoms with Crippen molar-refractivity contribution in [2.75, 3.05) is 20.8 Å². The van der Waals surface area contributed by atoms with Gasteiger partial charge in [-0.2, -0.15) is 0 Å². The van der Waals surface area contributed by atoms with Gasteiger partial charge in [-0.3, -0.25) is 0 Å². The lowest BCUT2D eigenvalue weighted by molar-refractivity contribution is -0.0964. The average molecular weight is 225 g/mol. The predicted octanol–water partition coefficient (Wildman–Crippen LogP) is 1.57. The van der Waals surface area contributed by atoms with Gasteiger partial charge in [0.05, 0.1) is 6.54 Å². The van der Waals surface area contributed by atoms with E-state index in [0.717, 1.165) is 5.56 Å². The van der Waals surface area contributed by atoms with Gasteiger partial charge in [0.2, 0.25) is 0 Å². The summed E-state index contributed by atoms with van der Waals surface area (Å²) in [5, 5.41) is 3.08. The van der Waals surface area contributed by atoms with E-state index >= 15 is 0 Å². The van der Waals surface area contributed by atoms with Gasteiger partial charge in [-0.1, -0.05) is 42.5 Å². The van der Waals surface area contributed by atoms with Gasteiger partial charge in [-0.05, 0) is 0 Å². The van der Waals surface area contributed by atoms with Crippen LogP contribution in [0.5, 0.6) is 0 Å². The lowest BCUT2D eigenvalue weighted by Gasteiger charge is -2.15. The molecule has 0 spiro atoms. The summed E-state index contributed by atoms with van der Waals surface area (Å²) in [6.07, 6.45) is -0.272. The molecular weight excluding hydrogens is 210 g/mol. The van der Waals surface area contributed by atoms with Gasteiger partial charge in [-0.25, -0.2) is 0 Å². The number of hydrogen-bond donors (Lipinski definition) is 1. The van der Waals surface area contributed by atoms with E-state index in [1.54, 1.807) is 14.2 Å². The summed E-state index contributed by atoms with van der Waals surface area (Å²) in [6, 6.07) is 9.79. The Balaban J connectivity index is 2.43. The quantitative estimate of drug-likeness (QED) is 0.608. The molecular formula is C11H15NO2S. The van der Waals surface area contributed by atoms with Crippen LogP contribution in [-0.2, 0) is 9.47 Å². The minimum absolute atomic E-state index is 0.272. The number of thiocarbonyl (C=S) groups is 1. The number of benzene rings is 1. The number of nitrogens with one attached hydrogen (secondary N) is 1. The van der Waals surface area contributed by atoms with Crippen molar-refractivity contribution < 1.29 is 9.47 Å². The first-order valence-electron chi connectivity index (χ1n) is 4.66. The normalized spacial score (nSPS) is 10.3. The fourth-order valence-corrected chi connectivity index (χ4v) is 1.35. The van der Waals surface area contributed by atoms with Crippen LogP contribution in [0, 0.1) is 0 Å². The van der Waals surface area contributed by atoms with E-state index in [1.165, 1.54) is 0 Å². The van der Waals surface area contributed by atoms with E-state index in [0.29, 0.717) is 11.5 Å². The van der Waals surface area contributed by atoms with Gasteiger partial charge in [0.15, 0.2) is 6.29 Å². The number of rotatable bonds is 5. The maximum atomic E-state index is 5.21. The van der Waals surface area contributed by atoms with Crippen LogP contribution in [0.25, 0.3) is 0 Å². The summed E-state index contributed by atoms with van der Waals surface area (Å²) >= 11 is 5.21. The van der Waals surface area contributed by atoms with Crippen LogP contribution in [0.3, 0.4) is 0 Å². The topological polar surface area (TPSA) is 30.5 Å². The lowest BCUT2D eigenvalue weighted by Crippen LogP contribution is -2.33. The van der Waals surface area contributed by atoms with Crippen LogP contribution in [0.4, 0.5) is 0 Å². The number of ether oxygens (including phenoxy) is 2. The van der Waals surface area contributed by atoms with Crippen LogP contribution in [0.15, 0.2) is 30.3 Å². The summed E-state index contributed by atoms with van der Waals surface area (Å²) in [5.74, 6) is 0. The third kappa shape index (κ3) is 3.95. The second kappa shape index (κ2) is 6.50. The SMILES string of the molecule is COC(CNC(=S)c1ccccc1)OC. The highest BCUT2D eigenvalue weighted by atomic mass is 32.1. The first kappa shape index (κ1) is 12.1. The van der Waals surface area contributed by atoms with Crippen LogP contribution in [-0.4, -0.2) is 32.0 Å². The molecule has 0 radical (unpaired) electrons. The van der Waals surface area contributed by atoms with Crippen molar-refractivity contribution in [2.45, 2.75) is 6.29 Å². The highest BCUT2D eigenvalue weighted by molar-refractivity contribution is 7.80. The minimum atomic E-state index is -0.272. The fourth-order valence-electron chi connectivity index (χ4n) is 1.13. The largest absolute Gasteiger partial charge is 0.371 e. The van der Waals surface area contributed by atoms with Gasteiger partial charge in [0.1, 0.15) is 4.99 Å². The highest BCUT2D eigenvalue weighted by Crippen LogP contribution is 1.99. The molecule has 0 heterocycles. The van der Waals surface area contributed by atoms with Crippen molar-refractivity contribution in [3.05, 3.63) is 35.9 Å². The first-order valence-corrected chi connectivity index (χ1v) is 5.07. The van der Waals surface area contributed by atoms with Gasteiger partial charge >= 0.3 is 0 Å². The summed E-state index contributed by atoms with van der Waals surface area (Å²) in [7, 11) is 3.20. The molecule has 0 saturated carbocycles. The smallest absolute Gasteiger partial charge is 0.173 e. The van der Waals surface area contributed by atoms with Crippen molar-refractivity contribution in [3.63, 3.8) is 0 Å². The monoisotopic (exact) mass is 225 g/mol. The van der Waals surface area contributed by atoms with Crippen LogP contribution < -0.4 is 5.32 Å². The van der Waals surface area contributed by atoms with E-state index in [1.807, 2.05) is 30.3 Å². The second-order valence-electron chi connectivity index (χ2n) is 2.98. The fraction of sp³-hybridized carbons (Fsp3) is 0.364. The van der Waals surface area contributed by atoms with E-state index in [9.17, 15) is 0 Å². The maximum absolute atomic E-state index is 5.21. The Morgan fingerprint density at radius 1 is 1.27 bits per heavy atom. The Kier molecular flexibility index (Phi) is 5.25. The molecule has 0 bridgehead atoms. The molecule has 1 aromatic rings. The Bertz CT molecular complexity index is 299. The third-order valence-electron chi connectivity index (χ3n) is 1.99. The second-order valence-corrected chi connectivity index (χ2v) is 3.39. The van der Waals surface area contributed by atoms with Gasteiger partial charge in [0, 0.05) is 19.8 Å². The molecule has 0 aliphatic heterocycles. The van der Waals surface area contributed by atoms with Crippen molar-refractivity contribution in [1.82, 2.24) is 5.32 Å². The van der Waals surface area contributed by atoms with E-state index < -0.39 is 0 Å². The molecule has 0 fully saturated rings. The zero-order valence-electron chi connectivity index (χ0n) is 8.90. The molecule has 0 amide bonds. The predicted molar refractivity (Wildman–Crippen MR) is 64.0 cm³/mol. The molecule has 15 heavy (non-hydrogen) atoms. The third-order valence-corrected chi connectivity index (χ3v) is 2.37. The summed E-state index contributed by atoms with van der Waals surface area (Å²) in [6.45, 7) is 0.542. The Morgan fingerprint density at radius 2 is 1.87 bits per heavy atom. The van der Waals surface area contributed by atoms with E-state index in [2.05, 4.69) is 5.32 Å². The summed E-state index contributed by atoms with van der Waals surface area (Å²) in [5.41, 5.74) is 0.999. The first-order chi connectivity index (χ1) is 7.27. The highest BCUT2D eigenvalue weighted by Gasteiger charge is 2.06. The average Bonchev–Trinajstić information content (AvgIpc) is 2.31. The number of hydrogen-bond acceptors (Lipinski definition) is 3. The lowest BCUT2D eigenvalue weighted by atomic mass is 10.2. The van der Waals surface area contributed by atoms with E-state index in [4.69, 9.17) is 21.7 Å². The molecule has 0 aliphatic carbocycles. The molecule has 82 valence electrons. The Hall–Kier alpha value is -0.970. The molecule has 0 saturated heterocycles. The molecule has 0 atom stereocenters. The van der Waals surface area contributed by atoms with Gasteiger partial charge in [-0.15, -0.1) is 0 Å². The summed E-state index contributed by atoms with van der Waals surface area (Å²) in [4.78, 5) is 0.703. The minimum Gasteiger partial charge on any atom is -0.371 e. The zero-order chi connectivity index (χ0) is 11.1. The Morgan fingerprint density at radius 3 is 2.40 bits per heavy atom. The van der Waals surface area contributed by atoms with Crippen molar-refractivity contribution in [1.29, 1.82) is 0 Å². The molecule has 3 nitrogen and oxygen atoms in total. The van der Waals surface area contributed by atoms with Crippen molar-refractivity contribution >= 4 is 17.2 Å². The molecule has 0 unspecified atom stereocenters. The van der Waals surface area contributed by atoms with Crippen LogP contribution in [0.1, 0.15) is 5.56 Å². The standard InChI is InChI=1S/C11H15NO2S/c1-13-10(14-2)8-12-11(15)9-6-4-3-5-7-9/h3-7,10H,8H2,1-2H3,(H,12,15). The van der Waals surface area contributed by atoms with Crippen LogP contribution >= 0.6 is 12.2 Å². The van der Waals surface area contributed by atoms with Crippen LogP contribution in [0.2, 0.25) is 0 Å². The van der Waals surface area contributed by atoms with Crippen molar-refractivity contribution in [2.24, 2.45) is 0 Å². The van der Waals surface area contributed by atoms with E-state index in [-0.39, 0.29) is 6.29 Å². The van der Waals surface area contributed by atoms with Gasteiger partial charge < -0.3 is 14.8 Å². The number of methoxy groups -OCH3 is 2. The summed E-state index contributed by atoms with van der Waals surface area (Å²) < 4.78 is 10.1. The molecule has 0 aromatic heterocycles.